The number of nitro groups is 1. The highest BCUT2D eigenvalue weighted by Gasteiger charge is 2.24. The highest BCUT2D eigenvalue weighted by Crippen LogP contribution is 2.21. The summed E-state index contributed by atoms with van der Waals surface area (Å²) in [5.41, 5.74) is 1.07. The molecule has 1 aromatic heterocycles. The first-order chi connectivity index (χ1) is 12.6. The summed E-state index contributed by atoms with van der Waals surface area (Å²) in [5, 5.41) is 16.0. The van der Waals surface area contributed by atoms with Gasteiger partial charge in [0.1, 0.15) is 0 Å². The monoisotopic (exact) mass is 373 g/mol. The van der Waals surface area contributed by atoms with Crippen molar-refractivity contribution in [3.63, 3.8) is 0 Å². The number of nitrogens with zero attached hydrogens (tertiary/aromatic N) is 2. The number of nitrogens with one attached hydrogen (secondary N) is 1. The number of carbonyl (C=O) groups is 1. The Hall–Kier alpha value is -2.25. The van der Waals surface area contributed by atoms with Crippen LogP contribution >= 0.6 is 11.3 Å². The van der Waals surface area contributed by atoms with E-state index < -0.39 is 0 Å². The van der Waals surface area contributed by atoms with Gasteiger partial charge in [-0.25, -0.2) is 0 Å². The van der Waals surface area contributed by atoms with Crippen LogP contribution in [0.1, 0.15) is 23.3 Å². The molecule has 0 unspecified atom stereocenters. The Morgan fingerprint density at radius 1 is 1.27 bits per heavy atom. The number of benzene rings is 1. The van der Waals surface area contributed by atoms with Gasteiger partial charge in [0.05, 0.1) is 4.92 Å². The molecule has 1 aliphatic rings. The number of piperidine rings is 1. The van der Waals surface area contributed by atoms with E-state index in [4.69, 9.17) is 0 Å². The number of likely N-dealkylation sites (tertiary alicyclic amines) is 1. The van der Waals surface area contributed by atoms with E-state index in [1.807, 2.05) is 17.5 Å². The summed E-state index contributed by atoms with van der Waals surface area (Å²) in [7, 11) is 0. The molecule has 3 rings (SSSR count). The van der Waals surface area contributed by atoms with Crippen LogP contribution in [0.5, 0.6) is 0 Å². The molecule has 0 bridgehead atoms. The summed E-state index contributed by atoms with van der Waals surface area (Å²) < 4.78 is 0. The Morgan fingerprint density at radius 3 is 2.77 bits per heavy atom. The zero-order chi connectivity index (χ0) is 18.4. The molecule has 1 saturated heterocycles. The fourth-order valence-electron chi connectivity index (χ4n) is 3.29. The molecule has 1 aliphatic heterocycles. The molecule has 0 saturated carbocycles. The van der Waals surface area contributed by atoms with Crippen LogP contribution in [0.4, 0.5) is 5.69 Å². The van der Waals surface area contributed by atoms with Gasteiger partial charge < -0.3 is 5.32 Å². The van der Waals surface area contributed by atoms with Crippen molar-refractivity contribution < 1.29 is 9.72 Å². The summed E-state index contributed by atoms with van der Waals surface area (Å²) in [6.07, 6.45) is 2.55. The predicted molar refractivity (Wildman–Crippen MR) is 102 cm³/mol. The molecule has 1 amide bonds. The maximum absolute atomic E-state index is 12.3. The Morgan fingerprint density at radius 2 is 2.08 bits per heavy atom. The number of nitro benzene ring substituents is 1. The van der Waals surface area contributed by atoms with Crippen molar-refractivity contribution in [3.05, 3.63) is 62.3 Å². The molecule has 7 heteroatoms. The third kappa shape index (κ3) is 5.12. The Kier molecular flexibility index (Phi) is 6.35. The minimum absolute atomic E-state index is 0.0692. The summed E-state index contributed by atoms with van der Waals surface area (Å²) in [5.74, 6) is 0.219. The molecule has 138 valence electrons. The molecule has 0 atom stereocenters. The normalized spacial score (nSPS) is 15.7. The lowest BCUT2D eigenvalue weighted by atomic mass is 9.95. The molecule has 1 N–H and O–H groups in total. The van der Waals surface area contributed by atoms with E-state index in [0.717, 1.165) is 37.9 Å². The van der Waals surface area contributed by atoms with Crippen molar-refractivity contribution in [2.24, 2.45) is 5.92 Å². The number of amides is 1. The summed E-state index contributed by atoms with van der Waals surface area (Å²) in [6, 6.07) is 10.9. The molecule has 0 aliphatic carbocycles. The van der Waals surface area contributed by atoms with Gasteiger partial charge >= 0.3 is 0 Å². The van der Waals surface area contributed by atoms with Gasteiger partial charge in [0.25, 0.3) is 5.69 Å². The second kappa shape index (κ2) is 8.91. The smallest absolute Gasteiger partial charge is 0.269 e. The molecule has 2 aromatic rings. The van der Waals surface area contributed by atoms with E-state index in [-0.39, 0.29) is 22.4 Å². The lowest BCUT2D eigenvalue weighted by Gasteiger charge is -2.31. The van der Waals surface area contributed by atoms with Gasteiger partial charge in [-0.2, -0.15) is 0 Å². The van der Waals surface area contributed by atoms with E-state index in [9.17, 15) is 14.9 Å². The highest BCUT2D eigenvalue weighted by molar-refractivity contribution is 7.09. The standard InChI is InChI=1S/C19H23N3O3S/c23-19(20-9-6-18-5-2-12-26-18)16-7-10-21(11-8-16)14-15-3-1-4-17(13-15)22(24)25/h1-5,12-13,16H,6-11,14H2,(H,20,23). The van der Waals surface area contributed by atoms with Crippen molar-refractivity contribution in [2.75, 3.05) is 19.6 Å². The first-order valence-corrected chi connectivity index (χ1v) is 9.75. The van der Waals surface area contributed by atoms with Gasteiger partial charge in [-0.05, 0) is 49.4 Å². The van der Waals surface area contributed by atoms with Crippen LogP contribution in [0.15, 0.2) is 41.8 Å². The fourth-order valence-corrected chi connectivity index (χ4v) is 4.00. The zero-order valence-corrected chi connectivity index (χ0v) is 15.4. The van der Waals surface area contributed by atoms with Gasteiger partial charge in [0.15, 0.2) is 0 Å². The third-order valence-corrected chi connectivity index (χ3v) is 5.67. The van der Waals surface area contributed by atoms with Crippen LogP contribution in [0, 0.1) is 16.0 Å². The number of non-ortho nitro benzene ring substituents is 1. The van der Waals surface area contributed by atoms with Crippen LogP contribution in [0.2, 0.25) is 0 Å². The van der Waals surface area contributed by atoms with Crippen LogP contribution in [0.3, 0.4) is 0 Å². The fraction of sp³-hybridized carbons (Fsp3) is 0.421. The lowest BCUT2D eigenvalue weighted by Crippen LogP contribution is -2.40. The first kappa shape index (κ1) is 18.5. The van der Waals surface area contributed by atoms with Crippen molar-refractivity contribution in [2.45, 2.75) is 25.8 Å². The molecule has 1 aromatic carbocycles. The van der Waals surface area contributed by atoms with Gasteiger partial charge in [0, 0.05) is 36.0 Å². The molecule has 0 spiro atoms. The molecule has 6 nitrogen and oxygen atoms in total. The van der Waals surface area contributed by atoms with E-state index in [1.165, 1.54) is 10.9 Å². The van der Waals surface area contributed by atoms with Crippen LogP contribution in [-0.2, 0) is 17.8 Å². The van der Waals surface area contributed by atoms with Crippen molar-refractivity contribution in [1.29, 1.82) is 0 Å². The maximum atomic E-state index is 12.3. The second-order valence-electron chi connectivity index (χ2n) is 6.60. The van der Waals surface area contributed by atoms with E-state index in [2.05, 4.69) is 16.3 Å². The average molecular weight is 373 g/mol. The van der Waals surface area contributed by atoms with E-state index in [0.29, 0.717) is 13.1 Å². The highest BCUT2D eigenvalue weighted by atomic mass is 32.1. The van der Waals surface area contributed by atoms with Gasteiger partial charge in [-0.15, -0.1) is 11.3 Å². The second-order valence-corrected chi connectivity index (χ2v) is 7.63. The van der Waals surface area contributed by atoms with Crippen LogP contribution in [0.25, 0.3) is 0 Å². The van der Waals surface area contributed by atoms with Gasteiger partial charge in [-0.1, -0.05) is 18.2 Å². The largest absolute Gasteiger partial charge is 0.355 e. The summed E-state index contributed by atoms with van der Waals surface area (Å²) in [4.78, 5) is 26.4. The van der Waals surface area contributed by atoms with Crippen LogP contribution < -0.4 is 5.32 Å². The topological polar surface area (TPSA) is 75.5 Å². The summed E-state index contributed by atoms with van der Waals surface area (Å²) >= 11 is 1.71. The lowest BCUT2D eigenvalue weighted by molar-refractivity contribution is -0.384. The van der Waals surface area contributed by atoms with Crippen molar-refractivity contribution in [3.8, 4) is 0 Å². The first-order valence-electron chi connectivity index (χ1n) is 8.87. The number of carbonyl (C=O) groups excluding carboxylic acids is 1. The number of hydrogen-bond acceptors (Lipinski definition) is 5. The molecular weight excluding hydrogens is 350 g/mol. The molecular formula is C19H23N3O3S. The Bertz CT molecular complexity index is 740. The number of hydrogen-bond donors (Lipinski definition) is 1. The zero-order valence-electron chi connectivity index (χ0n) is 14.6. The van der Waals surface area contributed by atoms with E-state index >= 15 is 0 Å². The molecule has 2 heterocycles. The Labute approximate surface area is 157 Å². The van der Waals surface area contributed by atoms with Crippen LogP contribution in [-0.4, -0.2) is 35.4 Å². The number of rotatable bonds is 7. The average Bonchev–Trinajstić information content (AvgIpc) is 3.16. The molecule has 26 heavy (non-hydrogen) atoms. The predicted octanol–water partition coefficient (Wildman–Crippen LogP) is 3.23. The minimum Gasteiger partial charge on any atom is -0.355 e. The summed E-state index contributed by atoms with van der Waals surface area (Å²) in [6.45, 7) is 3.05. The Balaban J connectivity index is 1.41. The third-order valence-electron chi connectivity index (χ3n) is 4.74. The maximum Gasteiger partial charge on any atom is 0.269 e. The van der Waals surface area contributed by atoms with Gasteiger partial charge in [-0.3, -0.25) is 19.8 Å². The van der Waals surface area contributed by atoms with Crippen molar-refractivity contribution in [1.82, 2.24) is 10.2 Å². The molecule has 1 fully saturated rings. The van der Waals surface area contributed by atoms with Crippen molar-refractivity contribution >= 4 is 22.9 Å². The SMILES string of the molecule is O=C(NCCc1cccs1)C1CCN(Cc2cccc([N+](=O)[O-])c2)CC1. The quantitative estimate of drug-likeness (QED) is 0.597. The minimum atomic E-state index is -0.365. The number of thiophene rings is 1. The van der Waals surface area contributed by atoms with E-state index in [1.54, 1.807) is 23.5 Å². The molecule has 0 radical (unpaired) electrons. The van der Waals surface area contributed by atoms with Gasteiger partial charge in [0.2, 0.25) is 5.91 Å².